The lowest BCUT2D eigenvalue weighted by molar-refractivity contribution is -0.116. The molecule has 1 amide bonds. The molecule has 0 radical (unpaired) electrons. The average molecular weight is 218 g/mol. The molecule has 15 heavy (non-hydrogen) atoms. The minimum Gasteiger partial charge on any atom is -0.310 e. The second-order valence-electron chi connectivity index (χ2n) is 3.21. The first kappa shape index (κ1) is 10.1. The van der Waals surface area contributed by atoms with E-state index in [0.29, 0.717) is 18.7 Å². The van der Waals surface area contributed by atoms with Crippen molar-refractivity contribution >= 4 is 23.4 Å². The maximum atomic E-state index is 11.7. The molecule has 3 nitrogen and oxygen atoms in total. The number of nitriles is 1. The Hall–Kier alpha value is -1.47. The zero-order chi connectivity index (χ0) is 10.7. The molecule has 1 heterocycles. The zero-order valence-corrected chi connectivity index (χ0v) is 8.96. The number of hydrogen-bond donors (Lipinski definition) is 0. The molecule has 0 saturated carbocycles. The first-order valence-electron chi connectivity index (χ1n) is 4.72. The normalized spacial score (nSPS) is 14.6. The number of fused-ring (bicyclic) bond motifs is 1. The van der Waals surface area contributed by atoms with E-state index >= 15 is 0 Å². The average Bonchev–Trinajstić information content (AvgIpc) is 2.28. The van der Waals surface area contributed by atoms with Crippen LogP contribution < -0.4 is 4.90 Å². The Kier molecular flexibility index (Phi) is 2.93. The van der Waals surface area contributed by atoms with Crippen molar-refractivity contribution in [2.45, 2.75) is 11.3 Å². The minimum absolute atomic E-state index is 0.0916. The van der Waals surface area contributed by atoms with Crippen LogP contribution in [-0.4, -0.2) is 18.2 Å². The number of amides is 1. The molecule has 4 heteroatoms. The highest BCUT2D eigenvalue weighted by molar-refractivity contribution is 8.00. The third-order valence-electron chi connectivity index (χ3n) is 2.26. The number of carbonyl (C=O) groups is 1. The van der Waals surface area contributed by atoms with Crippen LogP contribution in [0.5, 0.6) is 0 Å². The molecule has 0 unspecified atom stereocenters. The summed E-state index contributed by atoms with van der Waals surface area (Å²) in [7, 11) is 0. The Morgan fingerprint density at radius 1 is 1.47 bits per heavy atom. The van der Waals surface area contributed by atoms with Crippen LogP contribution in [0.15, 0.2) is 29.2 Å². The van der Waals surface area contributed by atoms with Crippen molar-refractivity contribution in [2.75, 3.05) is 17.2 Å². The van der Waals surface area contributed by atoms with Crippen LogP contribution in [0.4, 0.5) is 5.69 Å². The fourth-order valence-electron chi connectivity index (χ4n) is 1.56. The smallest absolute Gasteiger partial charge is 0.237 e. The molecular weight excluding hydrogens is 208 g/mol. The minimum atomic E-state index is 0.0916. The molecule has 1 aromatic rings. The number of nitrogens with zero attached hydrogens (tertiary/aromatic N) is 2. The van der Waals surface area contributed by atoms with E-state index in [9.17, 15) is 4.79 Å². The van der Waals surface area contributed by atoms with E-state index < -0.39 is 0 Å². The van der Waals surface area contributed by atoms with E-state index in [4.69, 9.17) is 5.26 Å². The molecule has 0 bridgehead atoms. The van der Waals surface area contributed by atoms with Crippen LogP contribution in [0, 0.1) is 11.3 Å². The fourth-order valence-corrected chi connectivity index (χ4v) is 2.50. The van der Waals surface area contributed by atoms with Crippen LogP contribution in [0.25, 0.3) is 0 Å². The molecular formula is C11H10N2OS. The Morgan fingerprint density at radius 3 is 3.07 bits per heavy atom. The summed E-state index contributed by atoms with van der Waals surface area (Å²) < 4.78 is 0. The summed E-state index contributed by atoms with van der Waals surface area (Å²) in [4.78, 5) is 14.5. The van der Waals surface area contributed by atoms with Crippen LogP contribution in [0.2, 0.25) is 0 Å². The van der Waals surface area contributed by atoms with E-state index in [0.717, 1.165) is 10.6 Å². The Labute approximate surface area is 92.7 Å². The molecule has 0 N–H and O–H groups in total. The lowest BCUT2D eigenvalue weighted by Crippen LogP contribution is -2.35. The molecule has 0 aromatic heterocycles. The number of thioether (sulfide) groups is 1. The van der Waals surface area contributed by atoms with Crippen molar-refractivity contribution in [2.24, 2.45) is 0 Å². The summed E-state index contributed by atoms with van der Waals surface area (Å²) in [5.74, 6) is 0.566. The van der Waals surface area contributed by atoms with E-state index in [2.05, 4.69) is 6.07 Å². The van der Waals surface area contributed by atoms with Gasteiger partial charge < -0.3 is 4.90 Å². The zero-order valence-electron chi connectivity index (χ0n) is 8.14. The fraction of sp³-hybridized carbons (Fsp3) is 0.273. The van der Waals surface area contributed by atoms with Crippen molar-refractivity contribution < 1.29 is 4.79 Å². The van der Waals surface area contributed by atoms with Crippen LogP contribution in [-0.2, 0) is 4.79 Å². The molecule has 2 rings (SSSR count). The molecule has 0 spiro atoms. The summed E-state index contributed by atoms with van der Waals surface area (Å²) in [6.07, 6.45) is 0.380. The highest BCUT2D eigenvalue weighted by Gasteiger charge is 2.23. The molecule has 1 aliphatic rings. The third-order valence-corrected chi connectivity index (χ3v) is 3.30. The summed E-state index contributed by atoms with van der Waals surface area (Å²) >= 11 is 1.56. The molecule has 0 fully saturated rings. The van der Waals surface area contributed by atoms with Gasteiger partial charge in [0.05, 0.1) is 23.9 Å². The summed E-state index contributed by atoms with van der Waals surface area (Å²) in [6.45, 7) is 0.493. The van der Waals surface area contributed by atoms with Gasteiger partial charge in [-0.2, -0.15) is 5.26 Å². The number of hydrogen-bond acceptors (Lipinski definition) is 3. The Balaban J connectivity index is 2.29. The predicted molar refractivity (Wildman–Crippen MR) is 59.7 cm³/mol. The lowest BCUT2D eigenvalue weighted by Gasteiger charge is -2.28. The van der Waals surface area contributed by atoms with Gasteiger partial charge in [-0.1, -0.05) is 12.1 Å². The molecule has 0 saturated heterocycles. The van der Waals surface area contributed by atoms with Gasteiger partial charge in [-0.25, -0.2) is 0 Å². The highest BCUT2D eigenvalue weighted by atomic mass is 32.2. The van der Waals surface area contributed by atoms with E-state index in [1.54, 1.807) is 16.7 Å². The Bertz CT molecular complexity index is 425. The highest BCUT2D eigenvalue weighted by Crippen LogP contribution is 2.34. The van der Waals surface area contributed by atoms with Gasteiger partial charge in [-0.05, 0) is 12.1 Å². The maximum Gasteiger partial charge on any atom is 0.237 e. The van der Waals surface area contributed by atoms with Crippen LogP contribution in [0.3, 0.4) is 0 Å². The van der Waals surface area contributed by atoms with Gasteiger partial charge >= 0.3 is 0 Å². The van der Waals surface area contributed by atoms with Crippen LogP contribution in [0.1, 0.15) is 6.42 Å². The molecule has 0 aliphatic carbocycles. The number of para-hydroxylation sites is 1. The number of rotatable bonds is 2. The van der Waals surface area contributed by atoms with Crippen molar-refractivity contribution in [3.05, 3.63) is 24.3 Å². The standard InChI is InChI=1S/C11H10N2OS/c12-6-3-7-13-9-4-1-2-5-10(9)15-8-11(13)14/h1-2,4-5H,3,7-8H2. The van der Waals surface area contributed by atoms with Crippen molar-refractivity contribution in [3.63, 3.8) is 0 Å². The number of anilines is 1. The number of carbonyl (C=O) groups excluding carboxylic acids is 1. The van der Waals surface area contributed by atoms with Crippen LogP contribution >= 0.6 is 11.8 Å². The summed E-state index contributed by atoms with van der Waals surface area (Å²) in [6, 6.07) is 9.88. The van der Waals surface area contributed by atoms with Gasteiger partial charge in [0, 0.05) is 11.4 Å². The third kappa shape index (κ3) is 1.97. The largest absolute Gasteiger partial charge is 0.310 e. The first-order valence-corrected chi connectivity index (χ1v) is 5.70. The predicted octanol–water partition coefficient (Wildman–Crippen LogP) is 2.04. The first-order chi connectivity index (χ1) is 7.33. The van der Waals surface area contributed by atoms with Crippen molar-refractivity contribution in [3.8, 4) is 6.07 Å². The summed E-state index contributed by atoms with van der Waals surface area (Å²) in [5, 5.41) is 8.54. The van der Waals surface area contributed by atoms with E-state index in [-0.39, 0.29) is 5.91 Å². The van der Waals surface area contributed by atoms with Gasteiger partial charge in [-0.3, -0.25) is 4.79 Å². The van der Waals surface area contributed by atoms with Crippen molar-refractivity contribution in [1.29, 1.82) is 5.26 Å². The van der Waals surface area contributed by atoms with Gasteiger partial charge in [0.1, 0.15) is 0 Å². The molecule has 1 aromatic carbocycles. The molecule has 0 atom stereocenters. The maximum absolute atomic E-state index is 11.7. The molecule has 1 aliphatic heterocycles. The molecule has 76 valence electrons. The van der Waals surface area contributed by atoms with Crippen molar-refractivity contribution in [1.82, 2.24) is 0 Å². The lowest BCUT2D eigenvalue weighted by atomic mass is 10.2. The van der Waals surface area contributed by atoms with Gasteiger partial charge in [0.2, 0.25) is 5.91 Å². The topological polar surface area (TPSA) is 44.1 Å². The Morgan fingerprint density at radius 2 is 2.27 bits per heavy atom. The van der Waals surface area contributed by atoms with E-state index in [1.165, 1.54) is 0 Å². The second kappa shape index (κ2) is 4.37. The SMILES string of the molecule is N#CCCN1C(=O)CSc2ccccc21. The second-order valence-corrected chi connectivity index (χ2v) is 4.23. The van der Waals surface area contributed by atoms with E-state index in [1.807, 2.05) is 24.3 Å². The quantitative estimate of drug-likeness (QED) is 0.763. The summed E-state index contributed by atoms with van der Waals surface area (Å²) in [5.41, 5.74) is 0.939. The van der Waals surface area contributed by atoms with Gasteiger partial charge in [0.15, 0.2) is 0 Å². The monoisotopic (exact) mass is 218 g/mol. The van der Waals surface area contributed by atoms with Gasteiger partial charge in [0.25, 0.3) is 0 Å². The number of benzene rings is 1. The van der Waals surface area contributed by atoms with Gasteiger partial charge in [-0.15, -0.1) is 11.8 Å².